The van der Waals surface area contributed by atoms with Gasteiger partial charge in [-0.3, -0.25) is 10.2 Å². The average molecular weight is 446 g/mol. The van der Waals surface area contributed by atoms with Crippen molar-refractivity contribution in [3.63, 3.8) is 0 Å². The van der Waals surface area contributed by atoms with E-state index in [1.165, 1.54) is 16.8 Å². The molecule has 1 atom stereocenters. The third-order valence-electron chi connectivity index (χ3n) is 4.89. The number of amidine groups is 2. The van der Waals surface area contributed by atoms with Crippen molar-refractivity contribution in [2.45, 2.75) is 33.2 Å². The van der Waals surface area contributed by atoms with Crippen LogP contribution in [-0.4, -0.2) is 55.0 Å². The first kappa shape index (κ1) is 24.3. The highest BCUT2D eigenvalue weighted by atomic mass is 32.2. The summed E-state index contributed by atoms with van der Waals surface area (Å²) in [5, 5.41) is 22.7. The van der Waals surface area contributed by atoms with Gasteiger partial charge in [0, 0.05) is 27.4 Å². The number of carbonyl (C=O) groups excluding carboxylic acids is 1. The number of hydrogen-bond donors (Lipinski definition) is 3. The lowest BCUT2D eigenvalue weighted by Crippen LogP contribution is -2.42. The molecule has 1 aromatic carbocycles. The summed E-state index contributed by atoms with van der Waals surface area (Å²) in [6.45, 7) is 5.73. The minimum Gasteiger partial charge on any atom is -0.505 e. The first-order chi connectivity index (χ1) is 14.6. The molecule has 1 amide bonds. The summed E-state index contributed by atoms with van der Waals surface area (Å²) in [5.74, 6) is 0.709. The summed E-state index contributed by atoms with van der Waals surface area (Å²) in [4.78, 5) is 15.6. The van der Waals surface area contributed by atoms with Crippen molar-refractivity contribution < 1.29 is 14.3 Å². The lowest BCUT2D eigenvalue weighted by Gasteiger charge is -2.26. The van der Waals surface area contributed by atoms with Crippen LogP contribution in [0.25, 0.3) is 0 Å². The number of furan rings is 1. The van der Waals surface area contributed by atoms with E-state index in [0.29, 0.717) is 23.5 Å². The van der Waals surface area contributed by atoms with Gasteiger partial charge in [0.1, 0.15) is 5.76 Å². The standard InChI is InChI=1S/C22H31N5O3S/c1-8-15(17-11-13(2)12-30-17)24-20(23)21(25-31-7)27(6)16-10-9-14(3)18(19(16)28)22(29)26(4)5/h9-12,15,28H,8H2,1-7H3,(H2,23,24)/b25-21+/t15-/m1/s1. The van der Waals surface area contributed by atoms with E-state index < -0.39 is 0 Å². The molecule has 0 bridgehead atoms. The van der Waals surface area contributed by atoms with Gasteiger partial charge in [0.25, 0.3) is 5.91 Å². The number of phenols is 1. The van der Waals surface area contributed by atoms with Crippen LogP contribution in [0, 0.1) is 19.3 Å². The molecule has 0 saturated heterocycles. The second kappa shape index (κ2) is 10.4. The van der Waals surface area contributed by atoms with Crippen molar-refractivity contribution in [3.05, 3.63) is 46.9 Å². The van der Waals surface area contributed by atoms with Crippen LogP contribution in [0.4, 0.5) is 5.69 Å². The van der Waals surface area contributed by atoms with E-state index in [1.807, 2.05) is 19.9 Å². The normalized spacial score (nSPS) is 12.4. The van der Waals surface area contributed by atoms with Gasteiger partial charge < -0.3 is 24.6 Å². The first-order valence-electron chi connectivity index (χ1n) is 9.91. The van der Waals surface area contributed by atoms with Crippen molar-refractivity contribution in [1.82, 2.24) is 10.2 Å². The predicted molar refractivity (Wildman–Crippen MR) is 128 cm³/mol. The number of likely N-dealkylation sites (N-methyl/N-ethyl adjacent to an activating group) is 1. The van der Waals surface area contributed by atoms with Crippen molar-refractivity contribution in [3.8, 4) is 5.75 Å². The van der Waals surface area contributed by atoms with Gasteiger partial charge in [-0.25, -0.2) is 0 Å². The SMILES string of the molecule is CC[C@@H](NC(=N)/C(=N\SC)N(C)c1ccc(C)c(C(=O)N(C)C)c1O)c1cc(C)co1. The number of benzene rings is 1. The number of aryl methyl sites for hydroxylation is 2. The van der Waals surface area contributed by atoms with E-state index in [0.717, 1.165) is 11.3 Å². The van der Waals surface area contributed by atoms with Gasteiger partial charge in [-0.2, -0.15) is 4.40 Å². The molecule has 3 N–H and O–H groups in total. The van der Waals surface area contributed by atoms with Crippen molar-refractivity contribution in [2.24, 2.45) is 4.40 Å². The number of phenolic OH excluding ortho intramolecular Hbond substituents is 1. The Bertz CT molecular complexity index is 984. The highest BCUT2D eigenvalue weighted by molar-refractivity contribution is 7.97. The van der Waals surface area contributed by atoms with Crippen LogP contribution in [0.15, 0.2) is 33.3 Å². The Morgan fingerprint density at radius 3 is 2.52 bits per heavy atom. The van der Waals surface area contributed by atoms with E-state index in [4.69, 9.17) is 9.83 Å². The molecule has 168 valence electrons. The van der Waals surface area contributed by atoms with Crippen molar-refractivity contribution in [2.75, 3.05) is 32.3 Å². The Morgan fingerprint density at radius 2 is 2.00 bits per heavy atom. The number of anilines is 1. The quantitative estimate of drug-likeness (QED) is 0.351. The van der Waals surface area contributed by atoms with Gasteiger partial charge in [-0.1, -0.05) is 13.0 Å². The highest BCUT2D eigenvalue weighted by Gasteiger charge is 2.25. The Kier molecular flexibility index (Phi) is 8.15. The smallest absolute Gasteiger partial charge is 0.257 e. The maximum Gasteiger partial charge on any atom is 0.257 e. The predicted octanol–water partition coefficient (Wildman–Crippen LogP) is 4.13. The number of hydrogen-bond acceptors (Lipinski definition) is 6. The topological polar surface area (TPSA) is 105 Å². The van der Waals surface area contributed by atoms with Gasteiger partial charge in [-0.15, -0.1) is 0 Å². The molecule has 0 unspecified atom stereocenters. The Hall–Kier alpha value is -2.94. The molecule has 0 spiro atoms. The van der Waals surface area contributed by atoms with Crippen LogP contribution in [-0.2, 0) is 0 Å². The number of rotatable bonds is 6. The Morgan fingerprint density at radius 1 is 1.32 bits per heavy atom. The molecule has 31 heavy (non-hydrogen) atoms. The largest absolute Gasteiger partial charge is 0.505 e. The summed E-state index contributed by atoms with van der Waals surface area (Å²) < 4.78 is 9.99. The summed E-state index contributed by atoms with van der Waals surface area (Å²) in [7, 11) is 4.98. The zero-order valence-electron chi connectivity index (χ0n) is 19.1. The maximum atomic E-state index is 12.6. The molecule has 1 aromatic heterocycles. The number of nitrogens with zero attached hydrogens (tertiary/aromatic N) is 3. The minimum atomic E-state index is -0.291. The van der Waals surface area contributed by atoms with Gasteiger partial charge in [0.05, 0.1) is 23.6 Å². The fraction of sp³-hybridized carbons (Fsp3) is 0.409. The third-order valence-corrected chi connectivity index (χ3v) is 5.24. The Labute approximate surface area is 188 Å². The zero-order valence-corrected chi connectivity index (χ0v) is 19.9. The first-order valence-corrected chi connectivity index (χ1v) is 11.1. The second-order valence-corrected chi connectivity index (χ2v) is 8.04. The number of aromatic hydroxyl groups is 1. The summed E-state index contributed by atoms with van der Waals surface area (Å²) in [6.07, 6.45) is 4.19. The van der Waals surface area contributed by atoms with Crippen LogP contribution < -0.4 is 10.2 Å². The molecule has 0 aliphatic carbocycles. The minimum absolute atomic E-state index is 0.0817. The molecular formula is C22H31N5O3S. The lowest BCUT2D eigenvalue weighted by atomic mass is 10.0. The van der Waals surface area contributed by atoms with Crippen molar-refractivity contribution >= 4 is 35.2 Å². The summed E-state index contributed by atoms with van der Waals surface area (Å²) in [5.41, 5.74) is 2.30. The fourth-order valence-electron chi connectivity index (χ4n) is 3.17. The van der Waals surface area contributed by atoms with Crippen LogP contribution in [0.2, 0.25) is 0 Å². The van der Waals surface area contributed by atoms with Crippen molar-refractivity contribution in [1.29, 1.82) is 5.41 Å². The monoisotopic (exact) mass is 445 g/mol. The zero-order chi connectivity index (χ0) is 23.3. The Balaban J connectivity index is 2.39. The molecule has 8 nitrogen and oxygen atoms in total. The van der Waals surface area contributed by atoms with Crippen LogP contribution >= 0.6 is 11.9 Å². The van der Waals surface area contributed by atoms with E-state index in [-0.39, 0.29) is 29.1 Å². The maximum absolute atomic E-state index is 12.6. The molecule has 2 rings (SSSR count). The molecule has 0 aliphatic rings. The molecule has 2 aromatic rings. The van der Waals surface area contributed by atoms with E-state index >= 15 is 0 Å². The fourth-order valence-corrected chi connectivity index (χ4v) is 3.56. The van der Waals surface area contributed by atoms with Crippen LogP contribution in [0.3, 0.4) is 0 Å². The van der Waals surface area contributed by atoms with Gasteiger partial charge in [-0.05, 0) is 55.5 Å². The highest BCUT2D eigenvalue weighted by Crippen LogP contribution is 2.34. The lowest BCUT2D eigenvalue weighted by molar-refractivity contribution is 0.0824. The molecule has 0 aliphatic heterocycles. The van der Waals surface area contributed by atoms with E-state index in [9.17, 15) is 9.90 Å². The van der Waals surface area contributed by atoms with E-state index in [2.05, 4.69) is 9.71 Å². The molecule has 9 heteroatoms. The van der Waals surface area contributed by atoms with Gasteiger partial charge in [0.2, 0.25) is 0 Å². The average Bonchev–Trinajstić information content (AvgIpc) is 3.15. The molecule has 0 radical (unpaired) electrons. The molecule has 1 heterocycles. The molecule has 0 saturated carbocycles. The van der Waals surface area contributed by atoms with E-state index in [1.54, 1.807) is 57.6 Å². The second-order valence-electron chi connectivity index (χ2n) is 7.49. The number of amides is 1. The number of carbonyl (C=O) groups is 1. The van der Waals surface area contributed by atoms with Crippen LogP contribution in [0.1, 0.15) is 46.6 Å². The molecular weight excluding hydrogens is 414 g/mol. The summed E-state index contributed by atoms with van der Waals surface area (Å²) >= 11 is 1.21. The molecule has 0 fully saturated rings. The van der Waals surface area contributed by atoms with Gasteiger partial charge >= 0.3 is 0 Å². The third kappa shape index (κ3) is 5.41. The van der Waals surface area contributed by atoms with Gasteiger partial charge in [0.15, 0.2) is 17.4 Å². The van der Waals surface area contributed by atoms with Crippen LogP contribution in [0.5, 0.6) is 5.75 Å². The summed E-state index contributed by atoms with van der Waals surface area (Å²) in [6, 6.07) is 5.23. The number of nitrogens with one attached hydrogen (secondary N) is 2.